The van der Waals surface area contributed by atoms with Gasteiger partial charge in [-0.05, 0) is 47.6 Å². The van der Waals surface area contributed by atoms with E-state index in [0.717, 1.165) is 31.7 Å². The van der Waals surface area contributed by atoms with E-state index in [1.165, 1.54) is 7.11 Å². The van der Waals surface area contributed by atoms with Crippen LogP contribution in [0.3, 0.4) is 0 Å². The van der Waals surface area contributed by atoms with Crippen molar-refractivity contribution in [2.24, 2.45) is 0 Å². The first-order valence-corrected chi connectivity index (χ1v) is 10.7. The van der Waals surface area contributed by atoms with Gasteiger partial charge in [-0.25, -0.2) is 0 Å². The van der Waals surface area contributed by atoms with Gasteiger partial charge in [-0.1, -0.05) is 11.6 Å². The normalized spacial score (nSPS) is 16.2. The molecule has 1 saturated heterocycles. The van der Waals surface area contributed by atoms with Crippen LogP contribution in [0, 0.1) is 0 Å². The maximum Gasteiger partial charge on any atom is 0.313 e. The zero-order valence-electron chi connectivity index (χ0n) is 16.5. The van der Waals surface area contributed by atoms with E-state index in [1.807, 2.05) is 5.38 Å². The fourth-order valence-electron chi connectivity index (χ4n) is 3.28. The highest BCUT2D eigenvalue weighted by Crippen LogP contribution is 2.27. The summed E-state index contributed by atoms with van der Waals surface area (Å²) in [6.45, 7) is 4.14. The van der Waals surface area contributed by atoms with E-state index >= 15 is 0 Å². The van der Waals surface area contributed by atoms with Gasteiger partial charge in [-0.15, -0.1) is 0 Å². The minimum Gasteiger partial charge on any atom is -0.495 e. The van der Waals surface area contributed by atoms with Crippen molar-refractivity contribution in [3.8, 4) is 5.75 Å². The standard InChI is InChI=1S/C20H25ClN4O3S/c1-24-6-8-25(9-7-24)17(14-5-10-29-13-14)12-22-19(26)20(27)23-16-11-15(21)3-4-18(16)28-2/h3-5,10-11,13,17H,6-9,12H2,1-2H3,(H,22,26)(H,23,27)/t17-/m1/s1. The zero-order valence-corrected chi connectivity index (χ0v) is 18.1. The molecule has 0 unspecified atom stereocenters. The number of benzene rings is 1. The number of hydrogen-bond donors (Lipinski definition) is 2. The number of nitrogens with zero attached hydrogens (tertiary/aromatic N) is 2. The topological polar surface area (TPSA) is 73.9 Å². The third kappa shape index (κ3) is 5.70. The van der Waals surface area contributed by atoms with Gasteiger partial charge in [0.15, 0.2) is 0 Å². The van der Waals surface area contributed by atoms with E-state index in [4.69, 9.17) is 16.3 Å². The van der Waals surface area contributed by atoms with Crippen LogP contribution in [0.5, 0.6) is 5.75 Å². The number of carbonyl (C=O) groups is 2. The van der Waals surface area contributed by atoms with E-state index in [-0.39, 0.29) is 6.04 Å². The van der Waals surface area contributed by atoms with Gasteiger partial charge in [0.1, 0.15) is 5.75 Å². The minimum absolute atomic E-state index is 0.0346. The second-order valence-corrected chi connectivity index (χ2v) is 8.14. The van der Waals surface area contributed by atoms with Crippen LogP contribution < -0.4 is 15.4 Å². The fourth-order valence-corrected chi connectivity index (χ4v) is 4.16. The largest absolute Gasteiger partial charge is 0.495 e. The predicted octanol–water partition coefficient (Wildman–Crippen LogP) is 2.45. The number of amides is 2. The first kappa shape index (κ1) is 21.6. The number of anilines is 1. The molecule has 2 amide bonds. The molecule has 0 radical (unpaired) electrons. The van der Waals surface area contributed by atoms with Gasteiger partial charge in [0.2, 0.25) is 0 Å². The number of likely N-dealkylation sites (N-methyl/N-ethyl adjacent to an activating group) is 1. The number of ether oxygens (including phenoxy) is 1. The lowest BCUT2D eigenvalue weighted by molar-refractivity contribution is -0.136. The van der Waals surface area contributed by atoms with Gasteiger partial charge >= 0.3 is 11.8 Å². The van der Waals surface area contributed by atoms with Crippen LogP contribution in [0.2, 0.25) is 5.02 Å². The number of halogens is 1. The van der Waals surface area contributed by atoms with Gasteiger partial charge in [0.05, 0.1) is 18.8 Å². The quantitative estimate of drug-likeness (QED) is 0.680. The van der Waals surface area contributed by atoms with Crippen molar-refractivity contribution in [1.82, 2.24) is 15.1 Å². The highest BCUT2D eigenvalue weighted by atomic mass is 35.5. The van der Waals surface area contributed by atoms with E-state index in [9.17, 15) is 9.59 Å². The van der Waals surface area contributed by atoms with Crippen LogP contribution in [0.1, 0.15) is 11.6 Å². The van der Waals surface area contributed by atoms with Gasteiger partial charge < -0.3 is 20.3 Å². The lowest BCUT2D eigenvalue weighted by Gasteiger charge is -2.37. The Balaban J connectivity index is 1.62. The average molecular weight is 437 g/mol. The van der Waals surface area contributed by atoms with Crippen molar-refractivity contribution in [3.05, 3.63) is 45.6 Å². The summed E-state index contributed by atoms with van der Waals surface area (Å²) in [5.74, 6) is -1.02. The molecule has 29 heavy (non-hydrogen) atoms. The van der Waals surface area contributed by atoms with Crippen molar-refractivity contribution < 1.29 is 14.3 Å². The zero-order chi connectivity index (χ0) is 20.8. The first-order chi connectivity index (χ1) is 14.0. The molecule has 1 atom stereocenters. The van der Waals surface area contributed by atoms with Crippen LogP contribution >= 0.6 is 22.9 Å². The molecule has 0 spiro atoms. The molecule has 2 N–H and O–H groups in total. The van der Waals surface area contributed by atoms with Gasteiger partial charge in [-0.2, -0.15) is 11.3 Å². The number of thiophene rings is 1. The van der Waals surface area contributed by atoms with E-state index < -0.39 is 11.8 Å². The summed E-state index contributed by atoms with van der Waals surface area (Å²) in [5, 5.41) is 9.90. The lowest BCUT2D eigenvalue weighted by atomic mass is 10.1. The average Bonchev–Trinajstić information content (AvgIpc) is 3.24. The first-order valence-electron chi connectivity index (χ1n) is 9.35. The molecular weight excluding hydrogens is 412 g/mol. The number of methoxy groups -OCH3 is 1. The Morgan fingerprint density at radius 3 is 2.62 bits per heavy atom. The molecule has 2 heterocycles. The summed E-state index contributed by atoms with van der Waals surface area (Å²) in [5.41, 5.74) is 1.50. The summed E-state index contributed by atoms with van der Waals surface area (Å²) in [6, 6.07) is 6.93. The van der Waals surface area contributed by atoms with E-state index in [0.29, 0.717) is 23.0 Å². The molecule has 3 rings (SSSR count). The second kappa shape index (κ2) is 10.1. The molecule has 0 saturated carbocycles. The lowest BCUT2D eigenvalue weighted by Crippen LogP contribution is -2.49. The Bertz CT molecular complexity index is 838. The molecule has 1 aromatic carbocycles. The van der Waals surface area contributed by atoms with Crippen LogP contribution in [0.25, 0.3) is 0 Å². The number of hydrogen-bond acceptors (Lipinski definition) is 6. The summed E-state index contributed by atoms with van der Waals surface area (Å²) >= 11 is 7.60. The number of nitrogens with one attached hydrogen (secondary N) is 2. The molecule has 9 heteroatoms. The molecule has 1 aliphatic rings. The number of carbonyl (C=O) groups excluding carboxylic acids is 2. The number of piperazine rings is 1. The van der Waals surface area contributed by atoms with Crippen molar-refractivity contribution >= 4 is 40.4 Å². The summed E-state index contributed by atoms with van der Waals surface area (Å²) in [7, 11) is 3.59. The van der Waals surface area contributed by atoms with E-state index in [2.05, 4.69) is 38.9 Å². The van der Waals surface area contributed by atoms with Crippen molar-refractivity contribution in [1.29, 1.82) is 0 Å². The maximum atomic E-state index is 12.4. The molecule has 1 aromatic heterocycles. The predicted molar refractivity (Wildman–Crippen MR) is 116 cm³/mol. The molecule has 2 aromatic rings. The van der Waals surface area contributed by atoms with Gasteiger partial charge in [-0.3, -0.25) is 14.5 Å². The molecule has 0 bridgehead atoms. The third-order valence-electron chi connectivity index (χ3n) is 4.98. The Hall–Kier alpha value is -2.13. The highest BCUT2D eigenvalue weighted by Gasteiger charge is 2.26. The SMILES string of the molecule is COc1ccc(Cl)cc1NC(=O)C(=O)NC[C@H](c1ccsc1)N1CCN(C)CC1. The molecular formula is C20H25ClN4O3S. The summed E-state index contributed by atoms with van der Waals surface area (Å²) in [4.78, 5) is 29.4. The monoisotopic (exact) mass is 436 g/mol. The summed E-state index contributed by atoms with van der Waals surface area (Å²) in [6.07, 6.45) is 0. The molecule has 156 valence electrons. The van der Waals surface area contributed by atoms with Crippen LogP contribution in [-0.4, -0.2) is 68.5 Å². The summed E-state index contributed by atoms with van der Waals surface area (Å²) < 4.78 is 5.20. The van der Waals surface area contributed by atoms with Crippen LogP contribution in [0.4, 0.5) is 5.69 Å². The fraction of sp³-hybridized carbons (Fsp3) is 0.400. The van der Waals surface area contributed by atoms with Crippen LogP contribution in [0.15, 0.2) is 35.0 Å². The van der Waals surface area contributed by atoms with Crippen molar-refractivity contribution in [2.45, 2.75) is 6.04 Å². The Labute approximate surface area is 179 Å². The number of rotatable bonds is 6. The molecule has 1 fully saturated rings. The highest BCUT2D eigenvalue weighted by molar-refractivity contribution is 7.08. The van der Waals surface area contributed by atoms with Crippen LogP contribution in [-0.2, 0) is 9.59 Å². The second-order valence-electron chi connectivity index (χ2n) is 6.92. The maximum absolute atomic E-state index is 12.4. The third-order valence-corrected chi connectivity index (χ3v) is 5.92. The Morgan fingerprint density at radius 2 is 1.97 bits per heavy atom. The van der Waals surface area contributed by atoms with Gasteiger partial charge in [0.25, 0.3) is 0 Å². The smallest absolute Gasteiger partial charge is 0.313 e. The van der Waals surface area contributed by atoms with E-state index in [1.54, 1.807) is 29.5 Å². The van der Waals surface area contributed by atoms with Crippen molar-refractivity contribution in [2.75, 3.05) is 52.2 Å². The van der Waals surface area contributed by atoms with Gasteiger partial charge in [0, 0.05) is 37.7 Å². The molecule has 7 nitrogen and oxygen atoms in total. The Morgan fingerprint density at radius 1 is 1.21 bits per heavy atom. The minimum atomic E-state index is -0.756. The molecule has 1 aliphatic heterocycles. The molecule has 0 aliphatic carbocycles. The Kier molecular flexibility index (Phi) is 7.49. The van der Waals surface area contributed by atoms with Crippen molar-refractivity contribution in [3.63, 3.8) is 0 Å².